The minimum absolute atomic E-state index is 0.575. The third kappa shape index (κ3) is 2.20. The smallest absolute Gasteiger partial charge is 0.115 e. The number of aliphatic hydroxyl groups is 1. The first-order valence-corrected chi connectivity index (χ1v) is 6.33. The van der Waals surface area contributed by atoms with Gasteiger partial charge in [-0.15, -0.1) is 10.2 Å². The number of hydrogen-bond acceptors (Lipinski definition) is 3. The van der Waals surface area contributed by atoms with Gasteiger partial charge in [-0.3, -0.25) is 0 Å². The number of para-hydroxylation sites is 1. The maximum Gasteiger partial charge on any atom is 0.115 e. The molecule has 96 valence electrons. The van der Waals surface area contributed by atoms with E-state index in [1.165, 1.54) is 4.80 Å². The van der Waals surface area contributed by atoms with Gasteiger partial charge in [-0.05, 0) is 31.2 Å². The molecule has 19 heavy (non-hydrogen) atoms. The van der Waals surface area contributed by atoms with Gasteiger partial charge in [-0.1, -0.05) is 29.8 Å². The summed E-state index contributed by atoms with van der Waals surface area (Å²) >= 11 is 5.94. The summed E-state index contributed by atoms with van der Waals surface area (Å²) in [4.78, 5) is 1.53. The van der Waals surface area contributed by atoms with Crippen LogP contribution in [0, 0.1) is 0 Å². The van der Waals surface area contributed by atoms with Crippen molar-refractivity contribution in [3.8, 4) is 5.69 Å². The average molecular weight is 274 g/mol. The molecule has 0 aliphatic rings. The standard InChI is InChI=1S/C14H12ClN3O/c1-9(19)11-4-2-3-5-14(11)18-16-12-7-6-10(15)8-13(12)17-18/h2-9,19H,1H3. The van der Waals surface area contributed by atoms with Crippen molar-refractivity contribution in [3.63, 3.8) is 0 Å². The van der Waals surface area contributed by atoms with Crippen LogP contribution in [0.4, 0.5) is 0 Å². The summed E-state index contributed by atoms with van der Waals surface area (Å²) in [6.07, 6.45) is -0.575. The summed E-state index contributed by atoms with van der Waals surface area (Å²) in [5.74, 6) is 0. The van der Waals surface area contributed by atoms with Crippen molar-refractivity contribution in [2.45, 2.75) is 13.0 Å². The predicted octanol–water partition coefficient (Wildman–Crippen LogP) is 3.13. The summed E-state index contributed by atoms with van der Waals surface area (Å²) < 4.78 is 0. The number of nitrogens with zero attached hydrogens (tertiary/aromatic N) is 3. The Labute approximate surface area is 115 Å². The van der Waals surface area contributed by atoms with Crippen LogP contribution in [0.15, 0.2) is 42.5 Å². The highest BCUT2D eigenvalue weighted by molar-refractivity contribution is 6.31. The van der Waals surface area contributed by atoms with Crippen molar-refractivity contribution in [3.05, 3.63) is 53.1 Å². The minimum atomic E-state index is -0.575. The number of aromatic nitrogens is 3. The Balaban J connectivity index is 2.19. The first kappa shape index (κ1) is 12.1. The molecule has 3 aromatic rings. The predicted molar refractivity (Wildman–Crippen MR) is 74.5 cm³/mol. The van der Waals surface area contributed by atoms with Crippen LogP contribution in [0.2, 0.25) is 5.02 Å². The number of halogens is 1. The van der Waals surface area contributed by atoms with E-state index in [-0.39, 0.29) is 0 Å². The van der Waals surface area contributed by atoms with Gasteiger partial charge in [-0.25, -0.2) is 0 Å². The monoisotopic (exact) mass is 273 g/mol. The largest absolute Gasteiger partial charge is 0.389 e. The first-order chi connectivity index (χ1) is 9.15. The van der Waals surface area contributed by atoms with Gasteiger partial charge in [-0.2, -0.15) is 4.80 Å². The first-order valence-electron chi connectivity index (χ1n) is 5.95. The molecule has 0 bridgehead atoms. The Morgan fingerprint density at radius 3 is 2.63 bits per heavy atom. The van der Waals surface area contributed by atoms with Crippen LogP contribution in [0.1, 0.15) is 18.6 Å². The Hall–Kier alpha value is -1.91. The van der Waals surface area contributed by atoms with Gasteiger partial charge in [0.25, 0.3) is 0 Å². The molecule has 0 saturated carbocycles. The van der Waals surface area contributed by atoms with Crippen molar-refractivity contribution in [1.29, 1.82) is 0 Å². The van der Waals surface area contributed by atoms with E-state index in [4.69, 9.17) is 11.6 Å². The van der Waals surface area contributed by atoms with Crippen molar-refractivity contribution in [1.82, 2.24) is 15.0 Å². The summed E-state index contributed by atoms with van der Waals surface area (Å²) in [5, 5.41) is 19.2. The fraction of sp³-hybridized carbons (Fsp3) is 0.143. The lowest BCUT2D eigenvalue weighted by Crippen LogP contribution is -2.05. The highest BCUT2D eigenvalue weighted by Gasteiger charge is 2.11. The lowest BCUT2D eigenvalue weighted by atomic mass is 10.1. The second-order valence-electron chi connectivity index (χ2n) is 4.36. The fourth-order valence-electron chi connectivity index (χ4n) is 2.02. The summed E-state index contributed by atoms with van der Waals surface area (Å²) in [5.41, 5.74) is 3.05. The third-order valence-corrected chi connectivity index (χ3v) is 3.18. The Kier molecular flexibility index (Phi) is 2.97. The van der Waals surface area contributed by atoms with Crippen molar-refractivity contribution in [2.24, 2.45) is 0 Å². The number of fused-ring (bicyclic) bond motifs is 1. The zero-order valence-corrected chi connectivity index (χ0v) is 11.0. The van der Waals surface area contributed by atoms with Crippen LogP contribution >= 0.6 is 11.6 Å². The lowest BCUT2D eigenvalue weighted by Gasteiger charge is -2.09. The van der Waals surface area contributed by atoms with Gasteiger partial charge >= 0.3 is 0 Å². The Morgan fingerprint density at radius 2 is 1.84 bits per heavy atom. The number of hydrogen-bond donors (Lipinski definition) is 1. The van der Waals surface area contributed by atoms with E-state index in [0.29, 0.717) is 5.02 Å². The maximum absolute atomic E-state index is 9.79. The molecule has 1 aromatic heterocycles. The van der Waals surface area contributed by atoms with E-state index >= 15 is 0 Å². The summed E-state index contributed by atoms with van der Waals surface area (Å²) in [6.45, 7) is 1.72. The number of rotatable bonds is 2. The quantitative estimate of drug-likeness (QED) is 0.780. The maximum atomic E-state index is 9.79. The van der Waals surface area contributed by atoms with Crippen LogP contribution in [-0.4, -0.2) is 20.1 Å². The van der Waals surface area contributed by atoms with Crippen LogP contribution in [0.25, 0.3) is 16.7 Å². The molecule has 5 heteroatoms. The average Bonchev–Trinajstić information content (AvgIpc) is 2.81. The summed E-state index contributed by atoms with van der Waals surface area (Å²) in [6, 6.07) is 12.9. The molecule has 4 nitrogen and oxygen atoms in total. The van der Waals surface area contributed by atoms with E-state index in [1.54, 1.807) is 19.1 Å². The fourth-order valence-corrected chi connectivity index (χ4v) is 2.18. The second-order valence-corrected chi connectivity index (χ2v) is 4.79. The minimum Gasteiger partial charge on any atom is -0.389 e. The van der Waals surface area contributed by atoms with Crippen molar-refractivity contribution < 1.29 is 5.11 Å². The highest BCUT2D eigenvalue weighted by Crippen LogP contribution is 2.22. The highest BCUT2D eigenvalue weighted by atomic mass is 35.5. The molecule has 0 radical (unpaired) electrons. The number of aliphatic hydroxyl groups excluding tert-OH is 1. The normalized spacial score (nSPS) is 12.8. The van der Waals surface area contributed by atoms with Crippen molar-refractivity contribution >= 4 is 22.6 Å². The van der Waals surface area contributed by atoms with Gasteiger partial charge in [0.05, 0.1) is 11.8 Å². The molecule has 1 atom stereocenters. The van der Waals surface area contributed by atoms with Crippen LogP contribution in [0.3, 0.4) is 0 Å². The molecule has 1 heterocycles. The molecule has 1 unspecified atom stereocenters. The van der Waals surface area contributed by atoms with E-state index in [2.05, 4.69) is 10.2 Å². The Morgan fingerprint density at radius 1 is 1.11 bits per heavy atom. The SMILES string of the molecule is CC(O)c1ccccc1-n1nc2ccc(Cl)cc2n1. The number of benzene rings is 2. The van der Waals surface area contributed by atoms with Crippen LogP contribution in [0.5, 0.6) is 0 Å². The topological polar surface area (TPSA) is 50.9 Å². The van der Waals surface area contributed by atoms with Gasteiger partial charge in [0, 0.05) is 10.6 Å². The van der Waals surface area contributed by atoms with E-state index in [9.17, 15) is 5.11 Å². The molecule has 0 fully saturated rings. The zero-order chi connectivity index (χ0) is 13.4. The van der Waals surface area contributed by atoms with Gasteiger partial charge in [0.1, 0.15) is 11.0 Å². The molecule has 0 aliphatic heterocycles. The third-order valence-electron chi connectivity index (χ3n) is 2.94. The molecule has 0 spiro atoms. The lowest BCUT2D eigenvalue weighted by molar-refractivity contribution is 0.198. The summed E-state index contributed by atoms with van der Waals surface area (Å²) in [7, 11) is 0. The van der Waals surface area contributed by atoms with Crippen molar-refractivity contribution in [2.75, 3.05) is 0 Å². The van der Waals surface area contributed by atoms with Gasteiger partial charge in [0.2, 0.25) is 0 Å². The molecule has 2 aromatic carbocycles. The molecule has 3 rings (SSSR count). The molecule has 0 amide bonds. The molecule has 0 saturated heterocycles. The van der Waals surface area contributed by atoms with Gasteiger partial charge < -0.3 is 5.11 Å². The molecule has 1 N–H and O–H groups in total. The van der Waals surface area contributed by atoms with Crippen LogP contribution < -0.4 is 0 Å². The van der Waals surface area contributed by atoms with E-state index in [0.717, 1.165) is 22.3 Å². The van der Waals surface area contributed by atoms with E-state index < -0.39 is 6.10 Å². The second kappa shape index (κ2) is 4.64. The van der Waals surface area contributed by atoms with E-state index in [1.807, 2.05) is 30.3 Å². The Bertz CT molecular complexity index is 736. The molecular weight excluding hydrogens is 262 g/mol. The molecule has 0 aliphatic carbocycles. The molecular formula is C14H12ClN3O. The zero-order valence-electron chi connectivity index (χ0n) is 10.3. The van der Waals surface area contributed by atoms with Gasteiger partial charge in [0.15, 0.2) is 0 Å². The van der Waals surface area contributed by atoms with Crippen LogP contribution in [-0.2, 0) is 0 Å².